The number of carbonyl (C=O) groups is 1. The van der Waals surface area contributed by atoms with E-state index in [1.54, 1.807) is 18.3 Å². The van der Waals surface area contributed by atoms with Crippen molar-refractivity contribution in [1.82, 2.24) is 9.88 Å². The van der Waals surface area contributed by atoms with Gasteiger partial charge in [0.1, 0.15) is 11.3 Å². The van der Waals surface area contributed by atoms with E-state index in [1.807, 2.05) is 13.0 Å². The second-order valence-corrected chi connectivity index (χ2v) is 6.50. The molecule has 1 aromatic carbocycles. The number of pyridine rings is 1. The number of aromatic nitrogens is 1. The minimum absolute atomic E-state index is 0.102. The largest absolute Gasteiger partial charge is 0.505 e. The van der Waals surface area contributed by atoms with Gasteiger partial charge in [0.2, 0.25) is 0 Å². The van der Waals surface area contributed by atoms with Crippen molar-refractivity contribution in [2.45, 2.75) is 26.3 Å². The van der Waals surface area contributed by atoms with Gasteiger partial charge < -0.3 is 9.84 Å². The molecule has 1 saturated heterocycles. The van der Waals surface area contributed by atoms with Gasteiger partial charge in [-0.05, 0) is 44.5 Å². The van der Waals surface area contributed by atoms with Crippen molar-refractivity contribution in [3.05, 3.63) is 35.0 Å². The number of halogens is 1. The first-order valence-electron chi connectivity index (χ1n) is 8.24. The van der Waals surface area contributed by atoms with E-state index in [4.69, 9.17) is 16.3 Å². The van der Waals surface area contributed by atoms with Crippen LogP contribution in [0, 0.1) is 5.92 Å². The zero-order chi connectivity index (χ0) is 17.1. The highest BCUT2D eigenvalue weighted by molar-refractivity contribution is 6.35. The molecule has 24 heavy (non-hydrogen) atoms. The maximum atomic E-state index is 12.0. The molecular weight excluding hydrogens is 328 g/mol. The average Bonchev–Trinajstić information content (AvgIpc) is 2.60. The number of likely N-dealkylation sites (tertiary alicyclic amines) is 1. The fourth-order valence-electron chi connectivity index (χ4n) is 3.25. The van der Waals surface area contributed by atoms with Crippen LogP contribution in [-0.2, 0) is 16.1 Å². The lowest BCUT2D eigenvalue weighted by Gasteiger charge is -2.31. The van der Waals surface area contributed by atoms with Crippen molar-refractivity contribution in [3.8, 4) is 5.75 Å². The fraction of sp³-hybridized carbons (Fsp3) is 0.444. The first-order valence-corrected chi connectivity index (χ1v) is 8.62. The molecule has 1 aliphatic heterocycles. The Kier molecular flexibility index (Phi) is 5.21. The third-order valence-electron chi connectivity index (χ3n) is 4.41. The Bertz CT molecular complexity index is 750. The van der Waals surface area contributed by atoms with E-state index in [2.05, 4.69) is 9.88 Å². The van der Waals surface area contributed by atoms with Gasteiger partial charge in [-0.1, -0.05) is 11.6 Å². The van der Waals surface area contributed by atoms with Gasteiger partial charge in [-0.15, -0.1) is 0 Å². The lowest BCUT2D eigenvalue weighted by Crippen LogP contribution is -2.38. The molecule has 1 aromatic heterocycles. The summed E-state index contributed by atoms with van der Waals surface area (Å²) >= 11 is 6.33. The third kappa shape index (κ3) is 3.47. The summed E-state index contributed by atoms with van der Waals surface area (Å²) in [5.41, 5.74) is 1.25. The van der Waals surface area contributed by atoms with Crippen molar-refractivity contribution in [2.75, 3.05) is 19.7 Å². The van der Waals surface area contributed by atoms with Crippen LogP contribution in [-0.4, -0.2) is 40.7 Å². The molecular formula is C18H21ClN2O3. The predicted octanol–water partition coefficient (Wildman–Crippen LogP) is 3.37. The molecule has 6 heteroatoms. The zero-order valence-corrected chi connectivity index (χ0v) is 14.4. The summed E-state index contributed by atoms with van der Waals surface area (Å²) < 4.78 is 5.13. The number of phenols is 1. The molecule has 1 unspecified atom stereocenters. The van der Waals surface area contributed by atoms with Gasteiger partial charge in [0.05, 0.1) is 17.5 Å². The average molecular weight is 349 g/mol. The molecule has 0 bridgehead atoms. The molecule has 5 nitrogen and oxygen atoms in total. The Morgan fingerprint density at radius 3 is 3.17 bits per heavy atom. The molecule has 1 aliphatic rings. The summed E-state index contributed by atoms with van der Waals surface area (Å²) in [6, 6.07) is 5.42. The van der Waals surface area contributed by atoms with Crippen LogP contribution in [0.4, 0.5) is 0 Å². The van der Waals surface area contributed by atoms with E-state index < -0.39 is 0 Å². The minimum atomic E-state index is -0.135. The predicted molar refractivity (Wildman–Crippen MR) is 93.1 cm³/mol. The smallest absolute Gasteiger partial charge is 0.310 e. The molecule has 0 aliphatic carbocycles. The summed E-state index contributed by atoms with van der Waals surface area (Å²) in [4.78, 5) is 18.4. The Balaban J connectivity index is 1.79. The molecule has 1 atom stereocenters. The van der Waals surface area contributed by atoms with Crippen LogP contribution >= 0.6 is 11.6 Å². The molecule has 1 fully saturated rings. The van der Waals surface area contributed by atoms with E-state index in [-0.39, 0.29) is 17.6 Å². The number of aromatic hydroxyl groups is 1. The monoisotopic (exact) mass is 348 g/mol. The zero-order valence-electron chi connectivity index (χ0n) is 13.7. The number of rotatable bonds is 4. The topological polar surface area (TPSA) is 62.7 Å². The highest BCUT2D eigenvalue weighted by atomic mass is 35.5. The fourth-order valence-corrected chi connectivity index (χ4v) is 3.54. The van der Waals surface area contributed by atoms with Crippen LogP contribution in [0.5, 0.6) is 5.75 Å². The number of piperidine rings is 1. The Labute approximate surface area is 146 Å². The van der Waals surface area contributed by atoms with E-state index >= 15 is 0 Å². The maximum absolute atomic E-state index is 12.0. The highest BCUT2D eigenvalue weighted by Crippen LogP contribution is 2.34. The molecule has 3 rings (SSSR count). The molecule has 0 amide bonds. The van der Waals surface area contributed by atoms with Crippen LogP contribution in [0.1, 0.15) is 25.3 Å². The summed E-state index contributed by atoms with van der Waals surface area (Å²) in [5.74, 6) is -0.0761. The van der Waals surface area contributed by atoms with Crippen molar-refractivity contribution >= 4 is 28.5 Å². The van der Waals surface area contributed by atoms with Gasteiger partial charge in [-0.2, -0.15) is 0 Å². The first-order chi connectivity index (χ1) is 11.6. The van der Waals surface area contributed by atoms with Crippen LogP contribution in [0.3, 0.4) is 0 Å². The first kappa shape index (κ1) is 17.0. The number of ether oxygens (including phenoxy) is 1. The van der Waals surface area contributed by atoms with Gasteiger partial charge >= 0.3 is 5.97 Å². The van der Waals surface area contributed by atoms with Crippen LogP contribution in [0.25, 0.3) is 10.9 Å². The summed E-state index contributed by atoms with van der Waals surface area (Å²) in [6.45, 7) is 4.28. The number of esters is 1. The van der Waals surface area contributed by atoms with Crippen LogP contribution < -0.4 is 0 Å². The lowest BCUT2D eigenvalue weighted by atomic mass is 9.97. The molecule has 1 N–H and O–H groups in total. The SMILES string of the molecule is CCOC(=O)C1CCCN(Cc2cc(Cl)c3cccnc3c2O)C1. The molecule has 0 spiro atoms. The number of nitrogens with zero attached hydrogens (tertiary/aromatic N) is 2. The van der Waals surface area contributed by atoms with E-state index in [9.17, 15) is 9.90 Å². The number of benzene rings is 1. The van der Waals surface area contributed by atoms with E-state index in [1.165, 1.54) is 0 Å². The normalized spacial score (nSPS) is 18.7. The number of hydrogen-bond acceptors (Lipinski definition) is 5. The molecule has 0 saturated carbocycles. The van der Waals surface area contributed by atoms with Crippen LogP contribution in [0.2, 0.25) is 5.02 Å². The van der Waals surface area contributed by atoms with Crippen LogP contribution in [0.15, 0.2) is 24.4 Å². The van der Waals surface area contributed by atoms with Gasteiger partial charge in [0.15, 0.2) is 0 Å². The molecule has 2 heterocycles. The molecule has 0 radical (unpaired) electrons. The molecule has 128 valence electrons. The Morgan fingerprint density at radius 1 is 1.54 bits per heavy atom. The summed E-state index contributed by atoms with van der Waals surface area (Å²) in [7, 11) is 0. The standard InChI is InChI=1S/C18H21ClN2O3/c1-2-24-18(23)12-5-4-8-21(10-12)11-13-9-15(19)14-6-3-7-20-16(14)17(13)22/h3,6-7,9,12,22H,2,4-5,8,10-11H2,1H3. The Hall–Kier alpha value is -1.85. The summed E-state index contributed by atoms with van der Waals surface area (Å²) in [5, 5.41) is 11.8. The quantitative estimate of drug-likeness (QED) is 0.858. The van der Waals surface area contributed by atoms with Gasteiger partial charge in [-0.25, -0.2) is 0 Å². The van der Waals surface area contributed by atoms with E-state index in [0.29, 0.717) is 30.2 Å². The van der Waals surface area contributed by atoms with Crippen molar-refractivity contribution in [3.63, 3.8) is 0 Å². The number of carbonyl (C=O) groups excluding carboxylic acids is 1. The second kappa shape index (κ2) is 7.36. The van der Waals surface area contributed by atoms with Crippen molar-refractivity contribution in [2.24, 2.45) is 5.92 Å². The summed E-state index contributed by atoms with van der Waals surface area (Å²) in [6.07, 6.45) is 3.42. The Morgan fingerprint density at radius 2 is 2.38 bits per heavy atom. The van der Waals surface area contributed by atoms with E-state index in [0.717, 1.165) is 30.3 Å². The molecule has 2 aromatic rings. The number of phenolic OH excluding ortho intramolecular Hbond substituents is 1. The lowest BCUT2D eigenvalue weighted by molar-refractivity contribution is -0.150. The number of hydrogen-bond donors (Lipinski definition) is 1. The second-order valence-electron chi connectivity index (χ2n) is 6.09. The van der Waals surface area contributed by atoms with Gasteiger partial charge in [-0.3, -0.25) is 14.7 Å². The van der Waals surface area contributed by atoms with Crippen molar-refractivity contribution in [1.29, 1.82) is 0 Å². The maximum Gasteiger partial charge on any atom is 0.310 e. The highest BCUT2D eigenvalue weighted by Gasteiger charge is 2.27. The van der Waals surface area contributed by atoms with Gasteiger partial charge in [0.25, 0.3) is 0 Å². The minimum Gasteiger partial charge on any atom is -0.505 e. The van der Waals surface area contributed by atoms with Gasteiger partial charge in [0, 0.05) is 30.2 Å². The third-order valence-corrected chi connectivity index (χ3v) is 4.73. The number of fused-ring (bicyclic) bond motifs is 1. The van der Waals surface area contributed by atoms with Crippen molar-refractivity contribution < 1.29 is 14.6 Å².